The molecule has 0 unspecified atom stereocenters. The average Bonchev–Trinajstić information content (AvgIpc) is 2.87. The first-order valence-corrected chi connectivity index (χ1v) is 13.1. The number of carbonyl (C=O) groups is 4. The standard InChI is InChI=1S/C29H40N4O6/c1-29(2,3)39-28(38)33-23(18-20-12-6-4-7-13-20)26(35)31-22(16-10-11-17-30)25(34)32-24(27(36)37)19-21-14-8-5-9-15-21/h4-9,12-15,22-24H,10-11,16-19,30H2,1-3H3,(H,31,35)(H,32,34)(H,33,38)(H,36,37)/t22-,23-,24-/m0/s1. The number of aliphatic carboxylic acids is 1. The Morgan fingerprint density at radius 3 is 1.74 bits per heavy atom. The number of ether oxygens (including phenoxy) is 1. The van der Waals surface area contributed by atoms with E-state index in [1.165, 1.54) is 0 Å². The highest BCUT2D eigenvalue weighted by Gasteiger charge is 2.30. The van der Waals surface area contributed by atoms with Crippen LogP contribution in [0.15, 0.2) is 60.7 Å². The van der Waals surface area contributed by atoms with Gasteiger partial charge in [-0.1, -0.05) is 60.7 Å². The molecule has 0 radical (unpaired) electrons. The second-order valence-corrected chi connectivity index (χ2v) is 10.3. The smallest absolute Gasteiger partial charge is 0.408 e. The van der Waals surface area contributed by atoms with Gasteiger partial charge in [0.15, 0.2) is 0 Å². The summed E-state index contributed by atoms with van der Waals surface area (Å²) in [7, 11) is 0. The lowest BCUT2D eigenvalue weighted by atomic mass is 10.0. The Labute approximate surface area is 229 Å². The van der Waals surface area contributed by atoms with Gasteiger partial charge in [-0.05, 0) is 57.7 Å². The summed E-state index contributed by atoms with van der Waals surface area (Å²) in [4.78, 5) is 51.1. The van der Waals surface area contributed by atoms with E-state index in [-0.39, 0.29) is 19.3 Å². The Balaban J connectivity index is 2.20. The molecule has 0 heterocycles. The van der Waals surface area contributed by atoms with Crippen LogP contribution in [0.2, 0.25) is 0 Å². The van der Waals surface area contributed by atoms with Crippen molar-refractivity contribution in [3.63, 3.8) is 0 Å². The average molecular weight is 541 g/mol. The number of hydrogen-bond donors (Lipinski definition) is 5. The molecule has 10 heteroatoms. The van der Waals surface area contributed by atoms with Crippen LogP contribution in [0.1, 0.15) is 51.2 Å². The lowest BCUT2D eigenvalue weighted by molar-refractivity contribution is -0.142. The molecule has 2 aromatic carbocycles. The Bertz CT molecular complexity index is 1070. The SMILES string of the molecule is CC(C)(C)OC(=O)N[C@@H](Cc1ccccc1)C(=O)N[C@@H](CCCCN)C(=O)N[C@@H](Cc1ccccc1)C(=O)O. The topological polar surface area (TPSA) is 160 Å². The second-order valence-electron chi connectivity index (χ2n) is 10.3. The van der Waals surface area contributed by atoms with E-state index in [0.717, 1.165) is 11.1 Å². The van der Waals surface area contributed by atoms with Gasteiger partial charge in [-0.15, -0.1) is 0 Å². The van der Waals surface area contributed by atoms with Gasteiger partial charge in [0.25, 0.3) is 0 Å². The van der Waals surface area contributed by atoms with Crippen LogP contribution in [0.5, 0.6) is 0 Å². The summed E-state index contributed by atoms with van der Waals surface area (Å²) >= 11 is 0. The van der Waals surface area contributed by atoms with Gasteiger partial charge in [-0.3, -0.25) is 9.59 Å². The van der Waals surface area contributed by atoms with E-state index >= 15 is 0 Å². The predicted molar refractivity (Wildman–Crippen MR) is 148 cm³/mol. The molecular weight excluding hydrogens is 500 g/mol. The molecule has 212 valence electrons. The molecule has 6 N–H and O–H groups in total. The lowest BCUT2D eigenvalue weighted by Crippen LogP contribution is -2.56. The fourth-order valence-electron chi connectivity index (χ4n) is 3.86. The molecule has 0 aliphatic carbocycles. The van der Waals surface area contributed by atoms with Gasteiger partial charge in [0.1, 0.15) is 23.7 Å². The zero-order valence-corrected chi connectivity index (χ0v) is 22.8. The maximum Gasteiger partial charge on any atom is 0.408 e. The number of carboxylic acid groups (broad SMARTS) is 1. The number of nitrogens with two attached hydrogens (primary N) is 1. The zero-order valence-electron chi connectivity index (χ0n) is 22.8. The van der Waals surface area contributed by atoms with Crippen molar-refractivity contribution in [2.45, 2.75) is 76.6 Å². The first kappa shape index (κ1) is 31.3. The molecule has 0 bridgehead atoms. The van der Waals surface area contributed by atoms with E-state index < -0.39 is 47.6 Å². The molecule has 3 atom stereocenters. The zero-order chi connectivity index (χ0) is 28.8. The van der Waals surface area contributed by atoms with Crippen molar-refractivity contribution in [2.24, 2.45) is 5.73 Å². The van der Waals surface area contributed by atoms with E-state index in [9.17, 15) is 24.3 Å². The Kier molecular flexibility index (Phi) is 12.4. The highest BCUT2D eigenvalue weighted by molar-refractivity contribution is 5.93. The van der Waals surface area contributed by atoms with Gasteiger partial charge < -0.3 is 31.5 Å². The van der Waals surface area contributed by atoms with Crippen molar-refractivity contribution in [3.05, 3.63) is 71.8 Å². The predicted octanol–water partition coefficient (Wildman–Crippen LogP) is 2.55. The summed E-state index contributed by atoms with van der Waals surface area (Å²) in [5.41, 5.74) is 6.39. The van der Waals surface area contributed by atoms with Crippen LogP contribution in [0, 0.1) is 0 Å². The molecule has 39 heavy (non-hydrogen) atoms. The second kappa shape index (κ2) is 15.5. The third-order valence-corrected chi connectivity index (χ3v) is 5.77. The van der Waals surface area contributed by atoms with Crippen molar-refractivity contribution < 1.29 is 29.0 Å². The minimum absolute atomic E-state index is 0.0855. The van der Waals surface area contributed by atoms with Crippen molar-refractivity contribution in [3.8, 4) is 0 Å². The molecule has 0 aliphatic heterocycles. The normalized spacial score (nSPS) is 13.4. The van der Waals surface area contributed by atoms with Crippen LogP contribution in [0.3, 0.4) is 0 Å². The largest absolute Gasteiger partial charge is 0.480 e. The van der Waals surface area contributed by atoms with Crippen molar-refractivity contribution in [1.82, 2.24) is 16.0 Å². The summed E-state index contributed by atoms with van der Waals surface area (Å²) in [6, 6.07) is 14.8. The van der Waals surface area contributed by atoms with E-state index in [1.807, 2.05) is 36.4 Å². The monoisotopic (exact) mass is 540 g/mol. The van der Waals surface area contributed by atoms with Crippen molar-refractivity contribution in [1.29, 1.82) is 0 Å². The Morgan fingerprint density at radius 2 is 1.26 bits per heavy atom. The summed E-state index contributed by atoms with van der Waals surface area (Å²) in [6.45, 7) is 5.55. The third-order valence-electron chi connectivity index (χ3n) is 5.77. The molecule has 0 fully saturated rings. The first-order valence-electron chi connectivity index (χ1n) is 13.1. The molecule has 0 spiro atoms. The van der Waals surface area contributed by atoms with Gasteiger partial charge in [-0.25, -0.2) is 9.59 Å². The van der Waals surface area contributed by atoms with Gasteiger partial charge in [0, 0.05) is 12.8 Å². The number of amides is 3. The van der Waals surface area contributed by atoms with E-state index in [0.29, 0.717) is 19.4 Å². The van der Waals surface area contributed by atoms with Crippen LogP contribution in [0.4, 0.5) is 4.79 Å². The number of unbranched alkanes of at least 4 members (excludes halogenated alkanes) is 1. The van der Waals surface area contributed by atoms with Crippen LogP contribution < -0.4 is 21.7 Å². The maximum absolute atomic E-state index is 13.4. The van der Waals surface area contributed by atoms with Gasteiger partial charge in [0.05, 0.1) is 0 Å². The number of rotatable bonds is 14. The number of nitrogens with one attached hydrogen (secondary N) is 3. The van der Waals surface area contributed by atoms with Crippen molar-refractivity contribution in [2.75, 3.05) is 6.54 Å². The highest BCUT2D eigenvalue weighted by atomic mass is 16.6. The summed E-state index contributed by atoms with van der Waals surface area (Å²) in [5, 5.41) is 17.6. The third kappa shape index (κ3) is 12.0. The number of benzene rings is 2. The van der Waals surface area contributed by atoms with Gasteiger partial charge >= 0.3 is 12.1 Å². The fourth-order valence-corrected chi connectivity index (χ4v) is 3.86. The highest BCUT2D eigenvalue weighted by Crippen LogP contribution is 2.11. The summed E-state index contributed by atoms with van der Waals surface area (Å²) in [6.07, 6.45) is 0.883. The molecule has 2 aromatic rings. The molecule has 3 amide bonds. The molecule has 2 rings (SSSR count). The lowest BCUT2D eigenvalue weighted by Gasteiger charge is -2.26. The quantitative estimate of drug-likeness (QED) is 0.230. The number of carboxylic acids is 1. The minimum atomic E-state index is -1.19. The molecule has 10 nitrogen and oxygen atoms in total. The Morgan fingerprint density at radius 1 is 0.769 bits per heavy atom. The van der Waals surface area contributed by atoms with Crippen molar-refractivity contribution >= 4 is 23.9 Å². The Hall–Kier alpha value is -3.92. The summed E-state index contributed by atoms with van der Waals surface area (Å²) in [5.74, 6) is -2.40. The number of carbonyl (C=O) groups excluding carboxylic acids is 3. The molecular formula is C29H40N4O6. The first-order chi connectivity index (χ1) is 18.5. The maximum atomic E-state index is 13.4. The van der Waals surface area contributed by atoms with Crippen LogP contribution >= 0.6 is 0 Å². The molecule has 0 saturated carbocycles. The van der Waals surface area contributed by atoms with E-state index in [1.54, 1.807) is 45.0 Å². The fraction of sp³-hybridized carbons (Fsp3) is 0.448. The van der Waals surface area contributed by atoms with Gasteiger partial charge in [-0.2, -0.15) is 0 Å². The molecule has 0 aromatic heterocycles. The number of alkyl carbamates (subject to hydrolysis) is 1. The van der Waals surface area contributed by atoms with Crippen LogP contribution in [-0.4, -0.2) is 59.3 Å². The van der Waals surface area contributed by atoms with Crippen LogP contribution in [0.25, 0.3) is 0 Å². The number of hydrogen-bond acceptors (Lipinski definition) is 6. The van der Waals surface area contributed by atoms with E-state index in [2.05, 4.69) is 16.0 Å². The minimum Gasteiger partial charge on any atom is -0.480 e. The van der Waals surface area contributed by atoms with Gasteiger partial charge in [0.2, 0.25) is 11.8 Å². The molecule has 0 saturated heterocycles. The van der Waals surface area contributed by atoms with Crippen LogP contribution in [-0.2, 0) is 32.0 Å². The van der Waals surface area contributed by atoms with E-state index in [4.69, 9.17) is 10.5 Å². The molecule has 0 aliphatic rings. The summed E-state index contributed by atoms with van der Waals surface area (Å²) < 4.78 is 5.34.